The van der Waals surface area contributed by atoms with E-state index in [1.165, 1.54) is 18.3 Å². The van der Waals surface area contributed by atoms with Gasteiger partial charge in [0.15, 0.2) is 0 Å². The highest BCUT2D eigenvalue weighted by atomic mass is 19.4. The van der Waals surface area contributed by atoms with Crippen molar-refractivity contribution < 1.29 is 27.9 Å². The van der Waals surface area contributed by atoms with Crippen molar-refractivity contribution in [2.24, 2.45) is 5.16 Å². The topological polar surface area (TPSA) is 87.6 Å². The van der Waals surface area contributed by atoms with Gasteiger partial charge in [-0.1, -0.05) is 17.3 Å². The zero-order chi connectivity index (χ0) is 19.0. The number of H-pyrrole nitrogens is 1. The molecule has 1 aromatic heterocycles. The van der Waals surface area contributed by atoms with Crippen LogP contribution in [0.4, 0.5) is 13.2 Å². The molecule has 6 nitrogen and oxygen atoms in total. The average Bonchev–Trinajstić information content (AvgIpc) is 3.09. The van der Waals surface area contributed by atoms with Crippen LogP contribution in [0.25, 0.3) is 0 Å². The molecule has 2 aromatic rings. The number of aromatic amines is 1. The summed E-state index contributed by atoms with van der Waals surface area (Å²) < 4.78 is 38.8. The number of oxime groups is 1. The maximum atomic E-state index is 12.9. The molecule has 0 saturated carbocycles. The first-order valence-electron chi connectivity index (χ1n) is 7.93. The number of hydrogen-bond acceptors (Lipinski definition) is 4. The van der Waals surface area contributed by atoms with Gasteiger partial charge in [0.1, 0.15) is 12.4 Å². The summed E-state index contributed by atoms with van der Waals surface area (Å²) in [6.45, 7) is 0.175. The van der Waals surface area contributed by atoms with Crippen molar-refractivity contribution >= 4 is 11.7 Å². The molecular weight excluding hydrogens is 351 g/mol. The third kappa shape index (κ3) is 6.23. The number of benzene rings is 1. The highest BCUT2D eigenvalue weighted by Crippen LogP contribution is 2.29. The minimum absolute atomic E-state index is 0.0277. The summed E-state index contributed by atoms with van der Waals surface area (Å²) in [5.41, 5.74) is -0.199. The zero-order valence-corrected chi connectivity index (χ0v) is 13.8. The minimum Gasteiger partial charge on any atom is -0.481 e. The molecule has 0 aliphatic heterocycles. The monoisotopic (exact) mass is 369 g/mol. The van der Waals surface area contributed by atoms with Crippen LogP contribution in [0.3, 0.4) is 0 Å². The number of nitrogens with one attached hydrogen (secondary N) is 1. The van der Waals surface area contributed by atoms with Crippen molar-refractivity contribution in [3.63, 3.8) is 0 Å². The molecule has 0 aliphatic carbocycles. The van der Waals surface area contributed by atoms with Crippen molar-refractivity contribution in [1.82, 2.24) is 9.97 Å². The van der Waals surface area contributed by atoms with Gasteiger partial charge in [-0.25, -0.2) is 4.98 Å². The van der Waals surface area contributed by atoms with Gasteiger partial charge >= 0.3 is 12.1 Å². The number of imidazole rings is 1. The van der Waals surface area contributed by atoms with E-state index in [1.807, 2.05) is 0 Å². The van der Waals surface area contributed by atoms with Gasteiger partial charge in [-0.05, 0) is 25.0 Å². The summed E-state index contributed by atoms with van der Waals surface area (Å²) in [6.07, 6.45) is -0.209. The van der Waals surface area contributed by atoms with Crippen LogP contribution in [0, 0.1) is 0 Å². The number of carboxylic acids is 1. The van der Waals surface area contributed by atoms with Crippen molar-refractivity contribution in [3.05, 3.63) is 53.6 Å². The summed E-state index contributed by atoms with van der Waals surface area (Å²) in [7, 11) is 0. The molecule has 0 saturated heterocycles. The van der Waals surface area contributed by atoms with Gasteiger partial charge in [-0.3, -0.25) is 4.79 Å². The molecule has 1 heterocycles. The van der Waals surface area contributed by atoms with Crippen LogP contribution in [0.2, 0.25) is 0 Å². The van der Waals surface area contributed by atoms with E-state index in [9.17, 15) is 18.0 Å². The summed E-state index contributed by atoms with van der Waals surface area (Å²) in [6, 6.07) is 4.82. The van der Waals surface area contributed by atoms with Crippen molar-refractivity contribution in [2.45, 2.75) is 31.9 Å². The second kappa shape index (κ2) is 9.02. The Morgan fingerprint density at radius 3 is 2.77 bits per heavy atom. The number of nitrogens with zero attached hydrogens (tertiary/aromatic N) is 2. The number of aliphatic carboxylic acids is 1. The fraction of sp³-hybridized carbons (Fsp3) is 0.353. The first-order valence-corrected chi connectivity index (χ1v) is 7.93. The van der Waals surface area contributed by atoms with Crippen LogP contribution in [0.1, 0.15) is 36.2 Å². The smallest absolute Gasteiger partial charge is 0.416 e. The van der Waals surface area contributed by atoms with Crippen LogP contribution in [0.15, 0.2) is 41.8 Å². The molecular formula is C17H18F3N3O3. The quantitative estimate of drug-likeness (QED) is 0.401. The lowest BCUT2D eigenvalue weighted by Crippen LogP contribution is -2.11. The van der Waals surface area contributed by atoms with E-state index in [0.717, 1.165) is 12.1 Å². The van der Waals surface area contributed by atoms with Gasteiger partial charge < -0.3 is 14.9 Å². The number of carboxylic acid groups (broad SMARTS) is 1. The first kappa shape index (κ1) is 19.5. The highest BCUT2D eigenvalue weighted by molar-refractivity contribution is 6.01. The fourth-order valence-corrected chi connectivity index (χ4v) is 2.18. The van der Waals surface area contributed by atoms with Gasteiger partial charge in [0.2, 0.25) is 0 Å². The van der Waals surface area contributed by atoms with Crippen LogP contribution in [0.5, 0.6) is 0 Å². The third-order valence-electron chi connectivity index (χ3n) is 3.46. The molecule has 1 aromatic carbocycles. The number of rotatable bonds is 9. The molecule has 0 atom stereocenters. The number of halogens is 3. The van der Waals surface area contributed by atoms with Gasteiger partial charge in [-0.15, -0.1) is 0 Å². The standard InChI is InChI=1S/C17H18F3N3O3/c18-17(19,20)13-5-3-4-12(10-13)14(11-15-21-7-8-22-15)23-26-9-2-1-6-16(24)25/h3-5,7-8,10H,1-2,6,9,11H2,(H,21,22)(H,24,25). The highest BCUT2D eigenvalue weighted by Gasteiger charge is 2.30. The van der Waals surface area contributed by atoms with E-state index in [0.29, 0.717) is 24.4 Å². The number of hydrogen-bond donors (Lipinski definition) is 2. The Bertz CT molecular complexity index is 743. The number of aromatic nitrogens is 2. The molecule has 0 spiro atoms. The summed E-state index contributed by atoms with van der Waals surface area (Å²) in [5, 5.41) is 12.5. The average molecular weight is 369 g/mol. The Balaban J connectivity index is 2.11. The molecule has 0 radical (unpaired) electrons. The van der Waals surface area contributed by atoms with Crippen LogP contribution >= 0.6 is 0 Å². The molecule has 0 bridgehead atoms. The number of alkyl halides is 3. The SMILES string of the molecule is O=C(O)CCCCON=C(Cc1ncc[nH]1)c1cccc(C(F)(F)F)c1. The maximum Gasteiger partial charge on any atom is 0.416 e. The minimum atomic E-state index is -4.45. The Kier molecular flexibility index (Phi) is 6.76. The van der Waals surface area contributed by atoms with Crippen LogP contribution in [-0.2, 0) is 22.2 Å². The van der Waals surface area contributed by atoms with Gasteiger partial charge in [0.25, 0.3) is 0 Å². The lowest BCUT2D eigenvalue weighted by molar-refractivity contribution is -0.138. The lowest BCUT2D eigenvalue weighted by Gasteiger charge is -2.10. The van der Waals surface area contributed by atoms with Crippen molar-refractivity contribution in [3.8, 4) is 0 Å². The Labute approximate surface area is 147 Å². The van der Waals surface area contributed by atoms with E-state index in [2.05, 4.69) is 15.1 Å². The second-order valence-corrected chi connectivity index (χ2v) is 5.51. The number of carbonyl (C=O) groups is 1. The maximum absolute atomic E-state index is 12.9. The largest absolute Gasteiger partial charge is 0.481 e. The zero-order valence-electron chi connectivity index (χ0n) is 13.8. The molecule has 0 aliphatic rings. The molecule has 140 valence electrons. The molecule has 9 heteroatoms. The normalized spacial score (nSPS) is 12.2. The molecule has 0 fully saturated rings. The summed E-state index contributed by atoms with van der Waals surface area (Å²) >= 11 is 0. The molecule has 26 heavy (non-hydrogen) atoms. The van der Waals surface area contributed by atoms with E-state index in [-0.39, 0.29) is 25.0 Å². The van der Waals surface area contributed by atoms with Crippen LogP contribution < -0.4 is 0 Å². The van der Waals surface area contributed by atoms with Crippen molar-refractivity contribution in [1.29, 1.82) is 0 Å². The predicted octanol–water partition coefficient (Wildman–Crippen LogP) is 3.65. The predicted molar refractivity (Wildman–Crippen MR) is 87.7 cm³/mol. The summed E-state index contributed by atoms with van der Waals surface area (Å²) in [5.74, 6) is -0.355. The van der Waals surface area contributed by atoms with E-state index >= 15 is 0 Å². The molecule has 0 amide bonds. The van der Waals surface area contributed by atoms with Crippen LogP contribution in [-0.4, -0.2) is 33.4 Å². The van der Waals surface area contributed by atoms with E-state index in [4.69, 9.17) is 9.94 Å². The molecule has 2 N–H and O–H groups in total. The Hall–Kier alpha value is -2.84. The molecule has 2 rings (SSSR count). The first-order chi connectivity index (χ1) is 12.4. The van der Waals surface area contributed by atoms with E-state index < -0.39 is 17.7 Å². The van der Waals surface area contributed by atoms with Gasteiger partial charge in [0.05, 0.1) is 17.7 Å². The lowest BCUT2D eigenvalue weighted by atomic mass is 10.0. The second-order valence-electron chi connectivity index (χ2n) is 5.51. The summed E-state index contributed by atoms with van der Waals surface area (Å²) in [4.78, 5) is 22.5. The van der Waals surface area contributed by atoms with Gasteiger partial charge in [-0.2, -0.15) is 13.2 Å². The Morgan fingerprint density at radius 2 is 2.12 bits per heavy atom. The fourth-order valence-electron chi connectivity index (χ4n) is 2.18. The Morgan fingerprint density at radius 1 is 1.31 bits per heavy atom. The third-order valence-corrected chi connectivity index (χ3v) is 3.46. The number of unbranched alkanes of at least 4 members (excludes halogenated alkanes) is 1. The van der Waals surface area contributed by atoms with Crippen molar-refractivity contribution in [2.75, 3.05) is 6.61 Å². The van der Waals surface area contributed by atoms with Gasteiger partial charge in [0, 0.05) is 24.4 Å². The molecule has 0 unspecified atom stereocenters. The van der Waals surface area contributed by atoms with E-state index in [1.54, 1.807) is 6.20 Å².